The molecular formula is C11H16N4. The molecule has 0 aliphatic rings. The van der Waals surface area contributed by atoms with Crippen LogP contribution in [0.3, 0.4) is 0 Å². The average Bonchev–Trinajstić information content (AvgIpc) is 2.63. The van der Waals surface area contributed by atoms with Crippen LogP contribution in [0.4, 0.5) is 0 Å². The first-order valence-electron chi connectivity index (χ1n) is 5.29. The Hall–Kier alpha value is -1.45. The van der Waals surface area contributed by atoms with Crippen LogP contribution >= 0.6 is 0 Å². The molecule has 4 nitrogen and oxygen atoms in total. The molecule has 0 saturated heterocycles. The van der Waals surface area contributed by atoms with Crippen LogP contribution in [-0.2, 0) is 0 Å². The van der Waals surface area contributed by atoms with E-state index in [2.05, 4.69) is 42.9 Å². The molecular weight excluding hydrogens is 188 g/mol. The van der Waals surface area contributed by atoms with Gasteiger partial charge in [-0.05, 0) is 5.92 Å². The molecule has 2 aromatic heterocycles. The Labute approximate surface area is 89.4 Å². The second-order valence-corrected chi connectivity index (χ2v) is 4.40. The Balaban J connectivity index is 2.71. The Bertz CT molecular complexity index is 428. The first kappa shape index (κ1) is 10.1. The van der Waals surface area contributed by atoms with Gasteiger partial charge in [0, 0.05) is 5.92 Å². The van der Waals surface area contributed by atoms with E-state index in [1.165, 1.54) is 0 Å². The summed E-state index contributed by atoms with van der Waals surface area (Å²) in [6.07, 6.45) is 3.67. The van der Waals surface area contributed by atoms with Crippen molar-refractivity contribution in [3.8, 4) is 0 Å². The van der Waals surface area contributed by atoms with Crippen molar-refractivity contribution in [3.05, 3.63) is 24.0 Å². The second-order valence-electron chi connectivity index (χ2n) is 4.40. The molecule has 2 rings (SSSR count). The molecule has 0 atom stereocenters. The number of hydrogen-bond donors (Lipinski definition) is 0. The molecule has 0 aromatic carbocycles. The number of rotatable bonds is 2. The summed E-state index contributed by atoms with van der Waals surface area (Å²) in [5, 5.41) is 8.56. The molecule has 2 heterocycles. The predicted octanol–water partition coefficient (Wildman–Crippen LogP) is 2.37. The average molecular weight is 204 g/mol. The molecule has 0 bridgehead atoms. The number of nitrogens with zero attached hydrogens (tertiary/aromatic N) is 4. The third-order valence-corrected chi connectivity index (χ3v) is 2.47. The van der Waals surface area contributed by atoms with Gasteiger partial charge >= 0.3 is 0 Å². The summed E-state index contributed by atoms with van der Waals surface area (Å²) in [6, 6.07) is 0. The lowest BCUT2D eigenvalue weighted by atomic mass is 10.1. The highest BCUT2D eigenvalue weighted by atomic mass is 15.2. The van der Waals surface area contributed by atoms with Gasteiger partial charge in [-0.25, -0.2) is 4.98 Å². The lowest BCUT2D eigenvalue weighted by Gasteiger charge is -2.11. The van der Waals surface area contributed by atoms with Crippen molar-refractivity contribution >= 4 is 5.52 Å². The molecule has 0 fully saturated rings. The zero-order valence-corrected chi connectivity index (χ0v) is 9.60. The summed E-state index contributed by atoms with van der Waals surface area (Å²) in [6.45, 7) is 8.45. The molecule has 4 heteroatoms. The maximum Gasteiger partial charge on any atom is 0.139 e. The first-order chi connectivity index (χ1) is 7.11. The highest BCUT2D eigenvalue weighted by Crippen LogP contribution is 2.20. The SMILES string of the molecule is CC(C)c1nnc(C(C)C)n2cncc12. The van der Waals surface area contributed by atoms with Crippen LogP contribution in [0.1, 0.15) is 51.0 Å². The van der Waals surface area contributed by atoms with E-state index in [0.717, 1.165) is 17.0 Å². The number of imidazole rings is 1. The molecule has 0 amide bonds. The molecule has 80 valence electrons. The Kier molecular flexibility index (Phi) is 2.42. The molecule has 15 heavy (non-hydrogen) atoms. The van der Waals surface area contributed by atoms with Crippen LogP contribution in [0.5, 0.6) is 0 Å². The minimum absolute atomic E-state index is 0.357. The summed E-state index contributed by atoms with van der Waals surface area (Å²) < 4.78 is 2.03. The monoisotopic (exact) mass is 204 g/mol. The lowest BCUT2D eigenvalue weighted by molar-refractivity contribution is 0.685. The third-order valence-electron chi connectivity index (χ3n) is 2.47. The van der Waals surface area contributed by atoms with Crippen molar-refractivity contribution in [2.45, 2.75) is 39.5 Å². The van der Waals surface area contributed by atoms with Gasteiger partial charge in [-0.15, -0.1) is 5.10 Å². The second kappa shape index (κ2) is 3.61. The van der Waals surface area contributed by atoms with Crippen LogP contribution in [0.15, 0.2) is 12.5 Å². The van der Waals surface area contributed by atoms with Gasteiger partial charge in [0.05, 0.1) is 17.4 Å². The first-order valence-corrected chi connectivity index (χ1v) is 5.29. The Morgan fingerprint density at radius 1 is 1.07 bits per heavy atom. The fraction of sp³-hybridized carbons (Fsp3) is 0.545. The van der Waals surface area contributed by atoms with Gasteiger partial charge in [0.2, 0.25) is 0 Å². The largest absolute Gasteiger partial charge is 0.283 e. The fourth-order valence-corrected chi connectivity index (χ4v) is 1.68. The third kappa shape index (κ3) is 1.60. The van der Waals surface area contributed by atoms with Gasteiger partial charge in [-0.3, -0.25) is 4.40 Å². The van der Waals surface area contributed by atoms with Crippen LogP contribution < -0.4 is 0 Å². The van der Waals surface area contributed by atoms with Crippen molar-refractivity contribution in [2.24, 2.45) is 0 Å². The molecule has 0 unspecified atom stereocenters. The normalized spacial score (nSPS) is 11.9. The van der Waals surface area contributed by atoms with Crippen molar-refractivity contribution in [1.82, 2.24) is 19.6 Å². The van der Waals surface area contributed by atoms with E-state index in [4.69, 9.17) is 0 Å². The van der Waals surface area contributed by atoms with Crippen LogP contribution in [-0.4, -0.2) is 19.6 Å². The Morgan fingerprint density at radius 2 is 1.80 bits per heavy atom. The molecule has 0 radical (unpaired) electrons. The zero-order valence-electron chi connectivity index (χ0n) is 9.60. The maximum atomic E-state index is 4.29. The molecule has 0 aliphatic carbocycles. The standard InChI is InChI=1S/C11H16N4/c1-7(2)10-9-5-12-6-15(9)11(8(3)4)14-13-10/h5-8H,1-4H3. The van der Waals surface area contributed by atoms with Gasteiger partial charge < -0.3 is 0 Å². The molecule has 0 saturated carbocycles. The molecule has 0 aliphatic heterocycles. The van der Waals surface area contributed by atoms with Crippen molar-refractivity contribution in [1.29, 1.82) is 0 Å². The maximum absolute atomic E-state index is 4.29. The van der Waals surface area contributed by atoms with E-state index < -0.39 is 0 Å². The summed E-state index contributed by atoms with van der Waals surface area (Å²) in [7, 11) is 0. The van der Waals surface area contributed by atoms with Gasteiger partial charge in [0.25, 0.3) is 0 Å². The number of aromatic nitrogens is 4. The van der Waals surface area contributed by atoms with E-state index in [1.807, 2.05) is 16.9 Å². The van der Waals surface area contributed by atoms with E-state index >= 15 is 0 Å². The van der Waals surface area contributed by atoms with Gasteiger partial charge in [-0.1, -0.05) is 27.7 Å². The van der Waals surface area contributed by atoms with Crippen molar-refractivity contribution < 1.29 is 0 Å². The summed E-state index contributed by atoms with van der Waals surface area (Å²) in [5.74, 6) is 1.69. The summed E-state index contributed by atoms with van der Waals surface area (Å²) in [4.78, 5) is 4.17. The van der Waals surface area contributed by atoms with E-state index in [1.54, 1.807) is 0 Å². The highest BCUT2D eigenvalue weighted by molar-refractivity contribution is 5.51. The zero-order chi connectivity index (χ0) is 11.0. The Morgan fingerprint density at radius 3 is 2.40 bits per heavy atom. The van der Waals surface area contributed by atoms with E-state index in [9.17, 15) is 0 Å². The minimum Gasteiger partial charge on any atom is -0.283 e. The van der Waals surface area contributed by atoms with Crippen molar-refractivity contribution in [2.75, 3.05) is 0 Å². The molecule has 0 N–H and O–H groups in total. The van der Waals surface area contributed by atoms with Crippen LogP contribution in [0.2, 0.25) is 0 Å². The number of fused-ring (bicyclic) bond motifs is 1. The summed E-state index contributed by atoms with van der Waals surface area (Å²) in [5.41, 5.74) is 2.08. The van der Waals surface area contributed by atoms with Crippen LogP contribution in [0.25, 0.3) is 5.52 Å². The topological polar surface area (TPSA) is 43.1 Å². The van der Waals surface area contributed by atoms with E-state index in [0.29, 0.717) is 11.8 Å². The molecule has 2 aromatic rings. The smallest absolute Gasteiger partial charge is 0.139 e. The number of hydrogen-bond acceptors (Lipinski definition) is 3. The van der Waals surface area contributed by atoms with Crippen molar-refractivity contribution in [3.63, 3.8) is 0 Å². The quantitative estimate of drug-likeness (QED) is 0.754. The van der Waals surface area contributed by atoms with Gasteiger partial charge in [0.1, 0.15) is 12.2 Å². The minimum atomic E-state index is 0.357. The predicted molar refractivity (Wildman–Crippen MR) is 59.0 cm³/mol. The van der Waals surface area contributed by atoms with Gasteiger partial charge in [-0.2, -0.15) is 5.10 Å². The van der Waals surface area contributed by atoms with Gasteiger partial charge in [0.15, 0.2) is 0 Å². The molecule has 0 spiro atoms. The fourth-order valence-electron chi connectivity index (χ4n) is 1.68. The van der Waals surface area contributed by atoms with E-state index in [-0.39, 0.29) is 0 Å². The van der Waals surface area contributed by atoms with Crippen LogP contribution in [0, 0.1) is 0 Å². The highest BCUT2D eigenvalue weighted by Gasteiger charge is 2.13. The summed E-state index contributed by atoms with van der Waals surface area (Å²) >= 11 is 0. The lowest BCUT2D eigenvalue weighted by Crippen LogP contribution is -2.08.